The lowest BCUT2D eigenvalue weighted by molar-refractivity contribution is 0.0500. The van der Waals surface area contributed by atoms with Gasteiger partial charge in [-0.3, -0.25) is 4.91 Å². The number of unbranched alkanes of at least 4 members (excludes halogenated alkanes) is 1. The molecule has 0 aliphatic rings. The molecule has 92 valence electrons. The van der Waals surface area contributed by atoms with E-state index in [9.17, 15) is 4.79 Å². The molecule has 0 aliphatic heterocycles. The number of benzene rings is 1. The molecule has 0 amide bonds. The van der Waals surface area contributed by atoms with Crippen LogP contribution in [-0.4, -0.2) is 17.7 Å². The van der Waals surface area contributed by atoms with Gasteiger partial charge in [-0.25, -0.2) is 4.79 Å². The van der Waals surface area contributed by atoms with E-state index in [2.05, 4.69) is 0 Å². The second-order valence-electron chi connectivity index (χ2n) is 3.13. The molecule has 0 aromatic heterocycles. The summed E-state index contributed by atoms with van der Waals surface area (Å²) in [7, 11) is 0. The van der Waals surface area contributed by atoms with Gasteiger partial charge in [-0.2, -0.15) is 0 Å². The maximum absolute atomic E-state index is 11.3. The Hall–Kier alpha value is -2.20. The number of aromatic hydroxyl groups is 1. The summed E-state index contributed by atoms with van der Waals surface area (Å²) in [5, 5.41) is 9.00. The van der Waals surface area contributed by atoms with Gasteiger partial charge in [-0.1, -0.05) is 13.3 Å². The monoisotopic (exact) mass is 236 g/mol. The predicted molar refractivity (Wildman–Crippen MR) is 63.4 cm³/mol. The summed E-state index contributed by atoms with van der Waals surface area (Å²) < 4.78 is 4.99. The largest absolute Gasteiger partial charge is 0.508 e. The van der Waals surface area contributed by atoms with Crippen LogP contribution in [-0.2, 0) is 4.74 Å². The summed E-state index contributed by atoms with van der Waals surface area (Å²) in [5.41, 5.74) is 14.0. The van der Waals surface area contributed by atoms with Crippen LogP contribution in [0.25, 0.3) is 16.0 Å². The van der Waals surface area contributed by atoms with Crippen LogP contribution in [0.2, 0.25) is 0 Å². The van der Waals surface area contributed by atoms with E-state index in [1.54, 1.807) is 12.1 Å². The fourth-order valence-corrected chi connectivity index (χ4v) is 0.990. The molecule has 1 N–H and O–H groups in total. The van der Waals surface area contributed by atoms with E-state index in [0.717, 1.165) is 12.8 Å². The first-order chi connectivity index (χ1) is 8.15. The molecule has 0 saturated carbocycles. The molecule has 0 fully saturated rings. The van der Waals surface area contributed by atoms with Crippen molar-refractivity contribution >= 4 is 5.97 Å². The number of nitrogens with zero attached hydrogens (tertiary/aromatic N) is 3. The minimum atomic E-state index is -0.335. The van der Waals surface area contributed by atoms with Crippen molar-refractivity contribution in [3.63, 3.8) is 0 Å². The third-order valence-corrected chi connectivity index (χ3v) is 1.83. The minimum absolute atomic E-state index is 0.148. The first-order valence-electron chi connectivity index (χ1n) is 5.10. The van der Waals surface area contributed by atoms with Crippen molar-refractivity contribution in [2.24, 2.45) is 0 Å². The van der Waals surface area contributed by atoms with Gasteiger partial charge in [0, 0.05) is 0 Å². The number of carbonyl (C=O) groups excluding carboxylic acids is 1. The topological polar surface area (TPSA) is 105 Å². The van der Waals surface area contributed by atoms with Gasteiger partial charge in [-0.15, -0.1) is 0 Å². The number of esters is 1. The van der Waals surface area contributed by atoms with Gasteiger partial charge in [0.25, 0.3) is 0 Å². The van der Waals surface area contributed by atoms with Gasteiger partial charge in [0.05, 0.1) is 12.2 Å². The van der Waals surface area contributed by atoms with Gasteiger partial charge in [0.1, 0.15) is 5.75 Å². The highest BCUT2D eigenvalue weighted by Crippen LogP contribution is 2.10. The molecule has 17 heavy (non-hydrogen) atoms. The molecule has 6 nitrogen and oxygen atoms in total. The quantitative estimate of drug-likeness (QED) is 0.285. The Morgan fingerprint density at radius 1 is 1.35 bits per heavy atom. The average molecular weight is 236 g/mol. The molecule has 0 aliphatic carbocycles. The smallest absolute Gasteiger partial charge is 0.338 e. The van der Waals surface area contributed by atoms with Crippen molar-refractivity contribution in [1.29, 1.82) is 0 Å². The van der Waals surface area contributed by atoms with Crippen molar-refractivity contribution < 1.29 is 14.6 Å². The maximum Gasteiger partial charge on any atom is 0.338 e. The van der Waals surface area contributed by atoms with Crippen LogP contribution >= 0.6 is 0 Å². The number of hydrogen-bond donors (Lipinski definition) is 1. The second-order valence-corrected chi connectivity index (χ2v) is 3.13. The van der Waals surface area contributed by atoms with Crippen molar-refractivity contribution in [2.75, 3.05) is 6.61 Å². The highest BCUT2D eigenvalue weighted by atomic mass is 16.5. The first-order valence-corrected chi connectivity index (χ1v) is 5.10. The molecule has 6 heteroatoms. The summed E-state index contributed by atoms with van der Waals surface area (Å²) in [6, 6.07) is 6.03. The molecule has 1 aromatic rings. The van der Waals surface area contributed by atoms with Crippen LogP contribution < -0.4 is 0 Å². The predicted octanol–water partition coefficient (Wildman–Crippen LogP) is 3.22. The molecular weight excluding hydrogens is 222 g/mol. The fraction of sp³-hybridized carbons (Fsp3) is 0.364. The Bertz CT molecular complexity index is 370. The van der Waals surface area contributed by atoms with Crippen LogP contribution in [0.15, 0.2) is 24.3 Å². The van der Waals surface area contributed by atoms with E-state index in [0.29, 0.717) is 12.2 Å². The second kappa shape index (κ2) is 9.06. The first kappa shape index (κ1) is 14.8. The van der Waals surface area contributed by atoms with Gasteiger partial charge < -0.3 is 20.9 Å². The van der Waals surface area contributed by atoms with E-state index in [1.807, 2.05) is 6.92 Å². The summed E-state index contributed by atoms with van der Waals surface area (Å²) in [6.45, 7) is 2.49. The summed E-state index contributed by atoms with van der Waals surface area (Å²) in [5.74, 6) is -0.187. The molecule has 0 unspecified atom stereocenters. The molecule has 0 radical (unpaired) electrons. The Morgan fingerprint density at radius 2 is 1.88 bits per heavy atom. The number of phenolic OH excluding ortho intramolecular Hbond substituents is 1. The standard InChI is InChI=1S/C11H14O3.N3/c1-2-3-8-14-11(13)9-4-6-10(12)7-5-9;1-3-2/h4-7,12H,2-3,8H2,1H3;/q;-1. The van der Waals surface area contributed by atoms with Crippen LogP contribution in [0.3, 0.4) is 0 Å². The molecule has 1 rings (SSSR count). The van der Waals surface area contributed by atoms with E-state index in [-0.39, 0.29) is 11.7 Å². The summed E-state index contributed by atoms with van der Waals surface area (Å²) >= 11 is 0. The molecule has 1 aromatic carbocycles. The van der Waals surface area contributed by atoms with Gasteiger partial charge in [0.15, 0.2) is 0 Å². The van der Waals surface area contributed by atoms with Crippen molar-refractivity contribution in [3.8, 4) is 5.75 Å². The van der Waals surface area contributed by atoms with Gasteiger partial charge in [-0.05, 0) is 30.7 Å². The summed E-state index contributed by atoms with van der Waals surface area (Å²) in [6.07, 6.45) is 1.88. The van der Waals surface area contributed by atoms with Crippen molar-refractivity contribution in [2.45, 2.75) is 19.8 Å². The molecule has 0 atom stereocenters. The zero-order chi connectivity index (χ0) is 13.1. The Labute approximate surface area is 99.3 Å². The highest BCUT2D eigenvalue weighted by Gasteiger charge is 2.05. The number of rotatable bonds is 4. The van der Waals surface area contributed by atoms with Crippen LogP contribution in [0.1, 0.15) is 30.1 Å². The van der Waals surface area contributed by atoms with Crippen LogP contribution in [0.4, 0.5) is 0 Å². The van der Waals surface area contributed by atoms with E-state index in [4.69, 9.17) is 20.9 Å². The SMILES string of the molecule is CCCCOC(=O)c1ccc(O)cc1.[N-]=[N+]=[N-]. The van der Waals surface area contributed by atoms with Crippen LogP contribution in [0, 0.1) is 0 Å². The maximum atomic E-state index is 11.3. The highest BCUT2D eigenvalue weighted by molar-refractivity contribution is 5.89. The molecule has 0 bridgehead atoms. The number of phenols is 1. The van der Waals surface area contributed by atoms with Gasteiger partial charge >= 0.3 is 5.97 Å². The van der Waals surface area contributed by atoms with E-state index in [1.165, 1.54) is 17.0 Å². The number of hydrogen-bond acceptors (Lipinski definition) is 3. The zero-order valence-corrected chi connectivity index (χ0v) is 9.54. The normalized spacial score (nSPS) is 8.53. The summed E-state index contributed by atoms with van der Waals surface area (Å²) in [4.78, 5) is 12.8. The van der Waals surface area contributed by atoms with Crippen molar-refractivity contribution in [3.05, 3.63) is 45.8 Å². The van der Waals surface area contributed by atoms with Crippen molar-refractivity contribution in [1.82, 2.24) is 0 Å². The lowest BCUT2D eigenvalue weighted by Gasteiger charge is -2.03. The molecule has 0 saturated heterocycles. The molecule has 0 spiro atoms. The lowest BCUT2D eigenvalue weighted by Crippen LogP contribution is -2.05. The van der Waals surface area contributed by atoms with Gasteiger partial charge in [0.2, 0.25) is 0 Å². The third-order valence-electron chi connectivity index (χ3n) is 1.83. The Kier molecular flexibility index (Phi) is 7.88. The average Bonchev–Trinajstić information content (AvgIpc) is 2.31. The van der Waals surface area contributed by atoms with E-state index >= 15 is 0 Å². The molecular formula is C11H14N3O3-. The van der Waals surface area contributed by atoms with Crippen LogP contribution in [0.5, 0.6) is 5.75 Å². The lowest BCUT2D eigenvalue weighted by atomic mass is 10.2. The fourth-order valence-electron chi connectivity index (χ4n) is 0.990. The Balaban J connectivity index is 0.000000770. The molecule has 0 heterocycles. The number of ether oxygens (including phenoxy) is 1. The Morgan fingerprint density at radius 3 is 2.35 bits per heavy atom. The number of carbonyl (C=O) groups is 1. The third kappa shape index (κ3) is 6.81. The van der Waals surface area contributed by atoms with E-state index < -0.39 is 0 Å². The zero-order valence-electron chi connectivity index (χ0n) is 9.54. The minimum Gasteiger partial charge on any atom is -0.508 e.